The molecule has 0 spiro atoms. The van der Waals surface area contributed by atoms with E-state index in [-0.39, 0.29) is 11.9 Å². The number of hydrogen-bond acceptors (Lipinski definition) is 3. The molecule has 1 aliphatic heterocycles. The van der Waals surface area contributed by atoms with Gasteiger partial charge in [-0.2, -0.15) is 17.0 Å². The highest BCUT2D eigenvalue weighted by atomic mass is 32.2. The average Bonchev–Trinajstić information content (AvgIpc) is 2.42. The van der Waals surface area contributed by atoms with Crippen molar-refractivity contribution >= 4 is 17.7 Å². The van der Waals surface area contributed by atoms with Crippen LogP contribution in [0.5, 0.6) is 0 Å². The van der Waals surface area contributed by atoms with Gasteiger partial charge in [0.05, 0.1) is 6.07 Å². The molecule has 0 aromatic carbocycles. The predicted octanol–water partition coefficient (Wildman–Crippen LogP) is 2.81. The van der Waals surface area contributed by atoms with E-state index in [1.165, 1.54) is 6.42 Å². The molecule has 0 aromatic rings. The molecule has 0 radical (unpaired) electrons. The lowest BCUT2D eigenvalue weighted by Crippen LogP contribution is -2.53. The van der Waals surface area contributed by atoms with Crippen molar-refractivity contribution in [1.82, 2.24) is 4.90 Å². The van der Waals surface area contributed by atoms with Crippen LogP contribution in [0.2, 0.25) is 0 Å². The Bertz CT molecular complexity index is 357. The third-order valence-electron chi connectivity index (χ3n) is 4.48. The fraction of sp³-hybridized carbons (Fsp3) is 0.857. The van der Waals surface area contributed by atoms with Gasteiger partial charge in [0.2, 0.25) is 5.91 Å². The Morgan fingerprint density at radius 1 is 1.33 bits per heavy atom. The molecule has 0 aromatic heterocycles. The molecule has 1 saturated carbocycles. The molecule has 2 fully saturated rings. The summed E-state index contributed by atoms with van der Waals surface area (Å²) in [7, 11) is 0. The van der Waals surface area contributed by atoms with E-state index in [0.29, 0.717) is 5.25 Å². The molecule has 1 aliphatic carbocycles. The molecule has 2 unspecified atom stereocenters. The summed E-state index contributed by atoms with van der Waals surface area (Å²) in [6.45, 7) is 5.09. The van der Waals surface area contributed by atoms with Gasteiger partial charge in [-0.15, -0.1) is 0 Å². The minimum atomic E-state index is -0.714. The van der Waals surface area contributed by atoms with Gasteiger partial charge in [-0.05, 0) is 19.8 Å². The van der Waals surface area contributed by atoms with E-state index in [9.17, 15) is 10.1 Å². The Balaban J connectivity index is 2.16. The zero-order valence-electron chi connectivity index (χ0n) is 11.3. The summed E-state index contributed by atoms with van der Waals surface area (Å²) >= 11 is 1.92. The Morgan fingerprint density at radius 2 is 2.00 bits per heavy atom. The maximum atomic E-state index is 12.8. The topological polar surface area (TPSA) is 44.1 Å². The van der Waals surface area contributed by atoms with Crippen LogP contribution in [0.15, 0.2) is 0 Å². The predicted molar refractivity (Wildman–Crippen MR) is 74.2 cm³/mol. The van der Waals surface area contributed by atoms with Crippen LogP contribution in [0.25, 0.3) is 0 Å². The largest absolute Gasteiger partial charge is 0.337 e. The molecule has 2 rings (SSSR count). The Morgan fingerprint density at radius 3 is 2.61 bits per heavy atom. The molecule has 2 aliphatic rings. The summed E-state index contributed by atoms with van der Waals surface area (Å²) < 4.78 is 0. The van der Waals surface area contributed by atoms with Gasteiger partial charge >= 0.3 is 0 Å². The lowest BCUT2D eigenvalue weighted by atomic mass is 9.74. The molecule has 1 heterocycles. The van der Waals surface area contributed by atoms with Crippen molar-refractivity contribution in [2.45, 2.75) is 57.2 Å². The zero-order chi connectivity index (χ0) is 13.2. The van der Waals surface area contributed by atoms with Gasteiger partial charge in [0.1, 0.15) is 5.41 Å². The monoisotopic (exact) mass is 266 g/mol. The van der Waals surface area contributed by atoms with E-state index in [2.05, 4.69) is 19.9 Å². The van der Waals surface area contributed by atoms with Crippen molar-refractivity contribution in [3.63, 3.8) is 0 Å². The molecule has 4 heteroatoms. The molecule has 0 bridgehead atoms. The first kappa shape index (κ1) is 13.7. The minimum Gasteiger partial charge on any atom is -0.337 e. The molecule has 0 N–H and O–H groups in total. The standard InChI is InChI=1S/C14H22N2OS/c1-11-12(2)18-9-8-16(11)13(17)14(10-15)6-4-3-5-7-14/h11-12H,3-9H2,1-2H3. The van der Waals surface area contributed by atoms with Gasteiger partial charge < -0.3 is 4.90 Å². The third-order valence-corrected chi connectivity index (χ3v) is 5.81. The third kappa shape index (κ3) is 2.38. The van der Waals surface area contributed by atoms with E-state index in [4.69, 9.17) is 0 Å². The van der Waals surface area contributed by atoms with E-state index < -0.39 is 5.41 Å². The van der Waals surface area contributed by atoms with Gasteiger partial charge in [0.15, 0.2) is 0 Å². The molecular formula is C14H22N2OS. The van der Waals surface area contributed by atoms with Crippen LogP contribution in [0.4, 0.5) is 0 Å². The number of carbonyl (C=O) groups excluding carboxylic acids is 1. The van der Waals surface area contributed by atoms with Crippen molar-refractivity contribution in [3.05, 3.63) is 0 Å². The molecule has 2 atom stereocenters. The second-order valence-electron chi connectivity index (χ2n) is 5.57. The van der Waals surface area contributed by atoms with Crippen LogP contribution < -0.4 is 0 Å². The molecule has 3 nitrogen and oxygen atoms in total. The van der Waals surface area contributed by atoms with Crippen LogP contribution in [-0.4, -0.2) is 34.4 Å². The fourth-order valence-electron chi connectivity index (χ4n) is 3.02. The van der Waals surface area contributed by atoms with Gasteiger partial charge in [-0.25, -0.2) is 0 Å². The van der Waals surface area contributed by atoms with Crippen molar-refractivity contribution < 1.29 is 4.79 Å². The summed E-state index contributed by atoms with van der Waals surface area (Å²) in [5.74, 6) is 1.10. The van der Waals surface area contributed by atoms with E-state index >= 15 is 0 Å². The van der Waals surface area contributed by atoms with E-state index in [1.807, 2.05) is 16.7 Å². The highest BCUT2D eigenvalue weighted by Crippen LogP contribution is 2.39. The highest BCUT2D eigenvalue weighted by molar-refractivity contribution is 8.00. The number of rotatable bonds is 1. The number of carbonyl (C=O) groups is 1. The quantitative estimate of drug-likeness (QED) is 0.733. The number of nitriles is 1. The van der Waals surface area contributed by atoms with Gasteiger partial charge in [0, 0.05) is 23.6 Å². The number of amides is 1. The first-order valence-corrected chi connectivity index (χ1v) is 7.99. The normalized spacial score (nSPS) is 31.7. The Hall–Kier alpha value is -0.690. The smallest absolute Gasteiger partial charge is 0.243 e. The molecular weight excluding hydrogens is 244 g/mol. The maximum absolute atomic E-state index is 12.8. The number of hydrogen-bond donors (Lipinski definition) is 0. The van der Waals surface area contributed by atoms with Crippen LogP contribution in [0.1, 0.15) is 46.0 Å². The van der Waals surface area contributed by atoms with Crippen molar-refractivity contribution in [1.29, 1.82) is 5.26 Å². The zero-order valence-corrected chi connectivity index (χ0v) is 12.1. The van der Waals surface area contributed by atoms with Crippen molar-refractivity contribution in [2.75, 3.05) is 12.3 Å². The van der Waals surface area contributed by atoms with Crippen molar-refractivity contribution in [3.8, 4) is 6.07 Å². The Labute approximate surface area is 114 Å². The number of nitrogens with zero attached hydrogens (tertiary/aromatic N) is 2. The van der Waals surface area contributed by atoms with Crippen molar-refractivity contribution in [2.24, 2.45) is 5.41 Å². The van der Waals surface area contributed by atoms with Gasteiger partial charge in [-0.3, -0.25) is 4.79 Å². The van der Waals surface area contributed by atoms with Gasteiger partial charge in [0.25, 0.3) is 0 Å². The van der Waals surface area contributed by atoms with Crippen LogP contribution in [-0.2, 0) is 4.79 Å². The summed E-state index contributed by atoms with van der Waals surface area (Å²) in [6.07, 6.45) is 4.72. The lowest BCUT2D eigenvalue weighted by molar-refractivity contribution is -0.142. The summed E-state index contributed by atoms with van der Waals surface area (Å²) in [5, 5.41) is 9.97. The second-order valence-corrected chi connectivity index (χ2v) is 7.05. The van der Waals surface area contributed by atoms with E-state index in [1.54, 1.807) is 0 Å². The molecule has 1 amide bonds. The minimum absolute atomic E-state index is 0.101. The SMILES string of the molecule is CC1SCCN(C(=O)C2(C#N)CCCCC2)C1C. The highest BCUT2D eigenvalue weighted by Gasteiger charge is 2.44. The summed E-state index contributed by atoms with van der Waals surface area (Å²) in [6, 6.07) is 2.61. The summed E-state index contributed by atoms with van der Waals surface area (Å²) in [4.78, 5) is 14.7. The number of thioether (sulfide) groups is 1. The first-order chi connectivity index (χ1) is 8.60. The van der Waals surface area contributed by atoms with E-state index in [0.717, 1.165) is 38.0 Å². The lowest BCUT2D eigenvalue weighted by Gasteiger charge is -2.42. The Kier molecular flexibility index (Phi) is 4.21. The first-order valence-electron chi connectivity index (χ1n) is 6.95. The molecule has 100 valence electrons. The molecule has 18 heavy (non-hydrogen) atoms. The maximum Gasteiger partial charge on any atom is 0.243 e. The molecule has 1 saturated heterocycles. The fourth-order valence-corrected chi connectivity index (χ4v) is 4.12. The average molecular weight is 266 g/mol. The van der Waals surface area contributed by atoms with Gasteiger partial charge in [-0.1, -0.05) is 26.2 Å². The summed E-state index contributed by atoms with van der Waals surface area (Å²) in [5.41, 5.74) is -0.714. The van der Waals surface area contributed by atoms with Crippen LogP contribution >= 0.6 is 11.8 Å². The second kappa shape index (κ2) is 5.52. The van der Waals surface area contributed by atoms with Crippen LogP contribution in [0, 0.1) is 16.7 Å². The van der Waals surface area contributed by atoms with Crippen LogP contribution in [0.3, 0.4) is 0 Å².